The first kappa shape index (κ1) is 9.78. The summed E-state index contributed by atoms with van der Waals surface area (Å²) in [7, 11) is 2.98. The van der Waals surface area contributed by atoms with Crippen molar-refractivity contribution in [3.05, 3.63) is 0 Å². The number of primary amides is 1. The van der Waals surface area contributed by atoms with E-state index in [0.29, 0.717) is 0 Å². The summed E-state index contributed by atoms with van der Waals surface area (Å²) in [4.78, 5) is 10.5. The molecule has 0 bridgehead atoms. The zero-order valence-electron chi connectivity index (χ0n) is 7.68. The first-order valence-corrected chi connectivity index (χ1v) is 4.07. The molecule has 0 aromatic carbocycles. The second-order valence-corrected chi connectivity index (χ2v) is 2.61. The number of rotatable bonds is 4. The van der Waals surface area contributed by atoms with Gasteiger partial charge in [0.2, 0.25) is 5.91 Å². The summed E-state index contributed by atoms with van der Waals surface area (Å²) in [6.07, 6.45) is 1.94. The van der Waals surface area contributed by atoms with Gasteiger partial charge in [-0.05, 0) is 13.3 Å². The second kappa shape index (κ2) is 6.89. The van der Waals surface area contributed by atoms with Gasteiger partial charge in [0.1, 0.15) is 0 Å². The van der Waals surface area contributed by atoms with Gasteiger partial charge in [0, 0.05) is 7.12 Å². The van der Waals surface area contributed by atoms with Crippen LogP contribution in [-0.4, -0.2) is 31.0 Å². The third-order valence-electron chi connectivity index (χ3n) is 1.03. The van der Waals surface area contributed by atoms with Gasteiger partial charge in [-0.2, -0.15) is 11.8 Å². The molecule has 3 nitrogen and oxygen atoms in total. The molecule has 0 aliphatic heterocycles. The van der Waals surface area contributed by atoms with E-state index in [1.54, 1.807) is 18.8 Å². The lowest BCUT2D eigenvalue weighted by Gasteiger charge is -2.08. The lowest BCUT2D eigenvalue weighted by atomic mass is 10.3. The number of carbonyl (C=O) groups is 1. The summed E-state index contributed by atoms with van der Waals surface area (Å²) in [6.45, 7) is 0. The average Bonchev–Trinajstić information content (AvgIpc) is 2.03. The fourth-order valence-electron chi connectivity index (χ4n) is 0.474. The lowest BCUT2D eigenvalue weighted by Crippen LogP contribution is -2.40. The van der Waals surface area contributed by atoms with E-state index in [9.17, 15) is 4.79 Å². The van der Waals surface area contributed by atoms with E-state index in [1.165, 1.54) is 7.40 Å². The Morgan fingerprint density at radius 2 is 2.50 bits per heavy atom. The number of amides is 1. The summed E-state index contributed by atoms with van der Waals surface area (Å²) in [5, 5.41) is 2.81. The molecule has 1 atom stereocenters. The topological polar surface area (TPSA) is 55.1 Å². The number of thioether (sulfide) groups is 1. The molecule has 0 aliphatic rings. The summed E-state index contributed by atoms with van der Waals surface area (Å²) in [5.74, 6) is 0.457. The lowest BCUT2D eigenvalue weighted by molar-refractivity contribution is -0.119. The Morgan fingerprint density at radius 3 is 2.60 bits per heavy atom. The maximum Gasteiger partial charge on any atom is 0.235 e. The molecule has 0 aliphatic carbocycles. The number of carbonyl (C=O) groups excluding carboxylic acids is 1. The van der Waals surface area contributed by atoms with Crippen LogP contribution in [0.2, 0.25) is 0 Å². The fourth-order valence-corrected chi connectivity index (χ4v) is 1.14. The molecule has 0 unspecified atom stereocenters. The van der Waals surface area contributed by atoms with Crippen molar-refractivity contribution in [3.63, 3.8) is 0 Å². The van der Waals surface area contributed by atoms with Crippen molar-refractivity contribution in [1.29, 1.82) is 0 Å². The highest BCUT2D eigenvalue weighted by molar-refractivity contribution is 7.98. The third-order valence-corrected chi connectivity index (χ3v) is 1.69. The van der Waals surface area contributed by atoms with Crippen molar-refractivity contribution in [2.75, 3.05) is 19.1 Å². The minimum atomic E-state index is -0.285. The Kier molecular flexibility index (Phi) is 6.74. The van der Waals surface area contributed by atoms with Gasteiger partial charge in [-0.25, -0.2) is 0 Å². The zero-order chi connectivity index (χ0) is 9.28. The van der Waals surface area contributed by atoms with Gasteiger partial charge < -0.3 is 11.1 Å². The highest BCUT2D eigenvalue weighted by Gasteiger charge is 2.09. The van der Waals surface area contributed by atoms with Crippen LogP contribution in [0, 0.1) is 0 Å². The maximum absolute atomic E-state index is 10.5. The highest BCUT2D eigenvalue weighted by atomic mass is 32.2. The first-order valence-electron chi connectivity index (χ1n) is 3.68. The minimum absolute atomic E-state index is 0.181. The molecule has 62 valence electrons. The van der Waals surface area contributed by atoms with Gasteiger partial charge in [-0.1, -0.05) is 7.40 Å². The second-order valence-electron chi connectivity index (χ2n) is 1.70. The van der Waals surface area contributed by atoms with Gasteiger partial charge in [-0.15, -0.1) is 0 Å². The normalized spacial score (nSPS) is 12.5. The predicted molar refractivity (Wildman–Crippen MR) is 47.2 cm³/mol. The summed E-state index contributed by atoms with van der Waals surface area (Å²) >= 11 is 1.60. The van der Waals surface area contributed by atoms with Crippen LogP contribution in [0.3, 0.4) is 0 Å². The van der Waals surface area contributed by atoms with Crippen LogP contribution in [0.4, 0.5) is 0 Å². The van der Waals surface area contributed by atoms with E-state index in [-0.39, 0.29) is 11.9 Å². The van der Waals surface area contributed by atoms with E-state index >= 15 is 0 Å². The van der Waals surface area contributed by atoms with Crippen molar-refractivity contribution in [3.8, 4) is 0 Å². The van der Waals surface area contributed by atoms with Crippen molar-refractivity contribution in [2.24, 2.45) is 5.73 Å². The standard InChI is InChI=1S/C5H12N2OS.CH4/c1-7-4(3-9-2)5(6)8;/h4,7H,3H2,1-2H3,(H2,6,8);1H4/t4-;/m0./s1/i;1D. The number of likely N-dealkylation sites (N-methyl/N-ethyl adjacent to an activating group) is 1. The van der Waals surface area contributed by atoms with Crippen LogP contribution in [0.5, 0.6) is 0 Å². The van der Waals surface area contributed by atoms with Crippen molar-refractivity contribution >= 4 is 17.7 Å². The zero-order valence-corrected chi connectivity index (χ0v) is 7.49. The van der Waals surface area contributed by atoms with Gasteiger partial charge >= 0.3 is 0 Å². The molecule has 0 fully saturated rings. The molecule has 0 aromatic rings. The van der Waals surface area contributed by atoms with E-state index in [0.717, 1.165) is 5.75 Å². The van der Waals surface area contributed by atoms with E-state index in [1.807, 2.05) is 6.26 Å². The van der Waals surface area contributed by atoms with E-state index in [2.05, 4.69) is 5.32 Å². The molecule has 0 radical (unpaired) electrons. The predicted octanol–water partition coefficient (Wildman–Crippen LogP) is 0.0588. The van der Waals surface area contributed by atoms with Crippen molar-refractivity contribution < 1.29 is 6.17 Å². The Labute approximate surface area is 68.1 Å². The molecule has 0 spiro atoms. The van der Waals surface area contributed by atoms with Crippen LogP contribution < -0.4 is 11.1 Å². The monoisotopic (exact) mass is 165 g/mol. The quantitative estimate of drug-likeness (QED) is 0.619. The molecular formula is C6H16N2OS. The molecule has 3 N–H and O–H groups in total. The number of hydrogen-bond acceptors (Lipinski definition) is 3. The molecule has 10 heavy (non-hydrogen) atoms. The van der Waals surface area contributed by atoms with Gasteiger partial charge in [0.15, 0.2) is 0 Å². The summed E-state index contributed by atoms with van der Waals surface area (Å²) in [6, 6.07) is -0.181. The molecule has 0 aromatic heterocycles. The summed E-state index contributed by atoms with van der Waals surface area (Å²) in [5.41, 5.74) is 5.02. The average molecular weight is 165 g/mol. The van der Waals surface area contributed by atoms with Gasteiger partial charge in [-0.3, -0.25) is 4.79 Å². The van der Waals surface area contributed by atoms with Crippen LogP contribution in [0.25, 0.3) is 0 Å². The minimum Gasteiger partial charge on any atom is -0.368 e. The largest absolute Gasteiger partial charge is 0.368 e. The molecular weight excluding hydrogens is 148 g/mol. The van der Waals surface area contributed by atoms with Gasteiger partial charge in [0.05, 0.1) is 6.04 Å². The molecule has 0 heterocycles. The van der Waals surface area contributed by atoms with Crippen LogP contribution in [0.15, 0.2) is 0 Å². The van der Waals surface area contributed by atoms with Crippen LogP contribution in [-0.2, 0) is 4.79 Å². The molecule has 1 amide bonds. The number of hydrogen-bond donors (Lipinski definition) is 2. The Hall–Kier alpha value is -0.220. The smallest absolute Gasteiger partial charge is 0.235 e. The number of nitrogens with one attached hydrogen (secondary N) is 1. The van der Waals surface area contributed by atoms with E-state index < -0.39 is 0 Å². The summed E-state index contributed by atoms with van der Waals surface area (Å²) < 4.78 is 5.75. The SMILES string of the molecule is CN[C@@H](CSC)C(N)=O.[2H]C. The molecule has 4 heteroatoms. The maximum atomic E-state index is 10.5. The molecule has 0 rings (SSSR count). The van der Waals surface area contributed by atoms with Crippen molar-refractivity contribution in [2.45, 2.75) is 13.4 Å². The molecule has 0 saturated heterocycles. The number of nitrogens with two attached hydrogens (primary N) is 1. The third kappa shape index (κ3) is 4.64. The first-order chi connectivity index (χ1) is 5.22. The Bertz CT molecular complexity index is 103. The van der Waals surface area contributed by atoms with E-state index in [4.69, 9.17) is 7.10 Å². The Morgan fingerprint density at radius 1 is 2.00 bits per heavy atom. The highest BCUT2D eigenvalue weighted by Crippen LogP contribution is 1.94. The van der Waals surface area contributed by atoms with Gasteiger partial charge in [0.25, 0.3) is 0 Å². The van der Waals surface area contributed by atoms with Crippen LogP contribution >= 0.6 is 11.8 Å². The Balaban J connectivity index is 0. The van der Waals surface area contributed by atoms with Crippen molar-refractivity contribution in [1.82, 2.24) is 5.32 Å². The molecule has 0 saturated carbocycles. The fraction of sp³-hybridized carbons (Fsp3) is 0.833. The van der Waals surface area contributed by atoms with Crippen LogP contribution in [0.1, 0.15) is 8.77 Å².